The largest absolute Gasteiger partial charge is 0.497 e. The molecule has 0 heterocycles. The van der Waals surface area contributed by atoms with Crippen molar-refractivity contribution in [3.63, 3.8) is 0 Å². The molecule has 0 bridgehead atoms. The molecule has 0 fully saturated rings. The molecule has 0 radical (unpaired) electrons. The van der Waals surface area contributed by atoms with Crippen molar-refractivity contribution in [2.45, 2.75) is 12.8 Å². The van der Waals surface area contributed by atoms with E-state index in [1.165, 1.54) is 6.92 Å². The number of Topliss-reactive ketones (excluding diaryl/α,β-unsaturated/α-hetero) is 2. The lowest BCUT2D eigenvalue weighted by atomic mass is 9.79. The van der Waals surface area contributed by atoms with Crippen LogP contribution in [0.1, 0.15) is 34.3 Å². The number of hydrogen-bond donors (Lipinski definition) is 0. The maximum atomic E-state index is 13.2. The molecule has 0 spiro atoms. The van der Waals surface area contributed by atoms with Gasteiger partial charge in [-0.1, -0.05) is 72.5 Å². The van der Waals surface area contributed by atoms with E-state index in [0.717, 1.165) is 11.1 Å². The molecule has 3 aromatic carbocycles. The molecule has 0 saturated carbocycles. The minimum Gasteiger partial charge on any atom is -0.497 e. The van der Waals surface area contributed by atoms with E-state index < -0.39 is 11.8 Å². The quantitative estimate of drug-likeness (QED) is 0.345. The van der Waals surface area contributed by atoms with Crippen molar-refractivity contribution >= 4 is 11.6 Å². The molecule has 3 rings (SSSR count). The molecule has 3 heteroatoms. The van der Waals surface area contributed by atoms with Gasteiger partial charge in [-0.2, -0.15) is 0 Å². The highest BCUT2D eigenvalue weighted by Crippen LogP contribution is 2.30. The van der Waals surface area contributed by atoms with Crippen LogP contribution >= 0.6 is 0 Å². The SMILES string of the molecule is COc1ccc(C(C#Cc2ccccc2)C(C(C)=O)C(=O)c2ccccc2)cc1. The third-order valence-corrected chi connectivity index (χ3v) is 4.73. The summed E-state index contributed by atoms with van der Waals surface area (Å²) in [6, 6.07) is 25.8. The normalized spacial score (nSPS) is 12.2. The molecule has 0 aromatic heterocycles. The van der Waals surface area contributed by atoms with Crippen molar-refractivity contribution in [1.29, 1.82) is 0 Å². The summed E-state index contributed by atoms with van der Waals surface area (Å²) in [5, 5.41) is 0. The Morgan fingerprint density at radius 3 is 1.97 bits per heavy atom. The summed E-state index contributed by atoms with van der Waals surface area (Å²) in [6.07, 6.45) is 0. The molecule has 0 aliphatic carbocycles. The molecule has 0 aliphatic heterocycles. The van der Waals surface area contributed by atoms with Crippen LogP contribution in [0.3, 0.4) is 0 Å². The average Bonchev–Trinajstić information content (AvgIpc) is 2.77. The van der Waals surface area contributed by atoms with Gasteiger partial charge >= 0.3 is 0 Å². The van der Waals surface area contributed by atoms with Crippen molar-refractivity contribution in [1.82, 2.24) is 0 Å². The second kappa shape index (κ2) is 9.52. The molecule has 29 heavy (non-hydrogen) atoms. The Hall–Kier alpha value is -3.64. The van der Waals surface area contributed by atoms with E-state index in [0.29, 0.717) is 11.3 Å². The highest BCUT2D eigenvalue weighted by Gasteiger charge is 2.33. The Kier molecular flexibility index (Phi) is 6.60. The number of carbonyl (C=O) groups excluding carboxylic acids is 2. The van der Waals surface area contributed by atoms with Crippen LogP contribution in [0.2, 0.25) is 0 Å². The first-order valence-electron chi connectivity index (χ1n) is 9.40. The van der Waals surface area contributed by atoms with Gasteiger partial charge in [0.1, 0.15) is 11.5 Å². The molecule has 3 nitrogen and oxygen atoms in total. The van der Waals surface area contributed by atoms with E-state index >= 15 is 0 Å². The lowest BCUT2D eigenvalue weighted by molar-refractivity contribution is -0.119. The summed E-state index contributed by atoms with van der Waals surface area (Å²) < 4.78 is 5.23. The predicted molar refractivity (Wildman–Crippen MR) is 114 cm³/mol. The number of carbonyl (C=O) groups is 2. The van der Waals surface area contributed by atoms with Crippen molar-refractivity contribution < 1.29 is 14.3 Å². The number of benzene rings is 3. The van der Waals surface area contributed by atoms with Gasteiger partial charge in [0.15, 0.2) is 5.78 Å². The number of hydrogen-bond acceptors (Lipinski definition) is 3. The second-order valence-corrected chi connectivity index (χ2v) is 6.70. The van der Waals surface area contributed by atoms with Gasteiger partial charge in [0, 0.05) is 11.1 Å². The van der Waals surface area contributed by atoms with E-state index in [1.807, 2.05) is 60.7 Å². The van der Waals surface area contributed by atoms with Gasteiger partial charge < -0.3 is 4.74 Å². The zero-order valence-electron chi connectivity index (χ0n) is 16.5. The molecule has 0 saturated heterocycles. The van der Waals surface area contributed by atoms with Gasteiger partial charge in [0.2, 0.25) is 0 Å². The Bertz CT molecular complexity index is 1030. The van der Waals surface area contributed by atoms with Crippen LogP contribution in [-0.2, 0) is 4.79 Å². The van der Waals surface area contributed by atoms with E-state index in [4.69, 9.17) is 4.74 Å². The Balaban J connectivity index is 2.07. The summed E-state index contributed by atoms with van der Waals surface area (Å²) in [6.45, 7) is 1.45. The number of ether oxygens (including phenoxy) is 1. The predicted octanol–water partition coefficient (Wildman–Crippen LogP) is 4.92. The molecule has 0 amide bonds. The molecule has 144 valence electrons. The monoisotopic (exact) mass is 382 g/mol. The summed E-state index contributed by atoms with van der Waals surface area (Å²) >= 11 is 0. The third kappa shape index (κ3) is 5.00. The van der Waals surface area contributed by atoms with Gasteiger partial charge in [0.05, 0.1) is 18.9 Å². The number of ketones is 2. The number of methoxy groups -OCH3 is 1. The zero-order chi connectivity index (χ0) is 20.6. The third-order valence-electron chi connectivity index (χ3n) is 4.73. The highest BCUT2D eigenvalue weighted by molar-refractivity contribution is 6.11. The van der Waals surface area contributed by atoms with Crippen LogP contribution in [0.4, 0.5) is 0 Å². The van der Waals surface area contributed by atoms with Gasteiger partial charge in [-0.3, -0.25) is 9.59 Å². The van der Waals surface area contributed by atoms with Gasteiger partial charge in [-0.15, -0.1) is 0 Å². The average molecular weight is 382 g/mol. The molecule has 0 aliphatic rings. The van der Waals surface area contributed by atoms with Crippen LogP contribution in [0, 0.1) is 17.8 Å². The van der Waals surface area contributed by atoms with Crippen molar-refractivity contribution in [2.75, 3.05) is 7.11 Å². The van der Waals surface area contributed by atoms with Crippen LogP contribution in [0.25, 0.3) is 0 Å². The van der Waals surface area contributed by atoms with E-state index in [2.05, 4.69) is 11.8 Å². The van der Waals surface area contributed by atoms with Crippen molar-refractivity contribution in [3.05, 3.63) is 102 Å². The van der Waals surface area contributed by atoms with Crippen LogP contribution in [0.15, 0.2) is 84.9 Å². The van der Waals surface area contributed by atoms with Gasteiger partial charge in [-0.25, -0.2) is 0 Å². The Morgan fingerprint density at radius 2 is 1.41 bits per heavy atom. The zero-order valence-corrected chi connectivity index (χ0v) is 16.5. The standard InChI is InChI=1S/C26H22O3/c1-19(27)25(26(28)22-11-7-4-8-12-22)24(18-13-20-9-5-3-6-10-20)21-14-16-23(29-2)17-15-21/h3-12,14-17,24-25H,1-2H3. The summed E-state index contributed by atoms with van der Waals surface area (Å²) in [4.78, 5) is 25.8. The van der Waals surface area contributed by atoms with E-state index in [1.54, 1.807) is 31.4 Å². The Morgan fingerprint density at radius 1 is 0.828 bits per heavy atom. The first-order valence-corrected chi connectivity index (χ1v) is 9.40. The number of rotatable bonds is 6. The summed E-state index contributed by atoms with van der Waals surface area (Å²) in [7, 11) is 1.60. The topological polar surface area (TPSA) is 43.4 Å². The molecule has 2 unspecified atom stereocenters. The van der Waals surface area contributed by atoms with E-state index in [9.17, 15) is 9.59 Å². The van der Waals surface area contributed by atoms with Crippen molar-refractivity contribution in [2.24, 2.45) is 5.92 Å². The fourth-order valence-electron chi connectivity index (χ4n) is 3.21. The lowest BCUT2D eigenvalue weighted by Crippen LogP contribution is -2.28. The molecular formula is C26H22O3. The second-order valence-electron chi connectivity index (χ2n) is 6.70. The molecule has 0 N–H and O–H groups in total. The van der Waals surface area contributed by atoms with Crippen LogP contribution in [-0.4, -0.2) is 18.7 Å². The smallest absolute Gasteiger partial charge is 0.174 e. The van der Waals surface area contributed by atoms with Crippen LogP contribution < -0.4 is 4.74 Å². The first kappa shape index (κ1) is 20.1. The van der Waals surface area contributed by atoms with Gasteiger partial charge in [-0.05, 0) is 36.8 Å². The van der Waals surface area contributed by atoms with Gasteiger partial charge in [0.25, 0.3) is 0 Å². The molecule has 2 atom stereocenters. The highest BCUT2D eigenvalue weighted by atomic mass is 16.5. The minimum atomic E-state index is -0.887. The maximum Gasteiger partial charge on any atom is 0.174 e. The van der Waals surface area contributed by atoms with Crippen LogP contribution in [0.5, 0.6) is 5.75 Å². The first-order chi connectivity index (χ1) is 14.1. The molecule has 3 aromatic rings. The fraction of sp³-hybridized carbons (Fsp3) is 0.154. The van der Waals surface area contributed by atoms with E-state index in [-0.39, 0.29) is 11.6 Å². The summed E-state index contributed by atoms with van der Waals surface area (Å²) in [5.74, 6) is 5.14. The minimum absolute atomic E-state index is 0.206. The lowest BCUT2D eigenvalue weighted by Gasteiger charge is -2.21. The maximum absolute atomic E-state index is 13.2. The Labute approximate surface area is 171 Å². The summed E-state index contributed by atoms with van der Waals surface area (Å²) in [5.41, 5.74) is 2.15. The fourth-order valence-corrected chi connectivity index (χ4v) is 3.21. The van der Waals surface area contributed by atoms with Crippen molar-refractivity contribution in [3.8, 4) is 17.6 Å². The molecular weight excluding hydrogens is 360 g/mol.